The average molecular weight is 335 g/mol. The van der Waals surface area contributed by atoms with E-state index in [0.717, 1.165) is 2.88 Å². The van der Waals surface area contributed by atoms with Gasteiger partial charge >= 0.3 is 0 Å². The standard InChI is InChI=1S/C7H6IN5OS/c1-13-11-7(10-12-13)9-6(14)4-2-5(8)15-3-4/h2-3H,1H3,(H,9,11,14). The highest BCUT2D eigenvalue weighted by molar-refractivity contribution is 14.1. The maximum Gasteiger partial charge on any atom is 0.270 e. The Morgan fingerprint density at radius 1 is 1.67 bits per heavy atom. The first-order valence-electron chi connectivity index (χ1n) is 3.94. The van der Waals surface area contributed by atoms with Crippen LogP contribution in [0.5, 0.6) is 0 Å². The smallest absolute Gasteiger partial charge is 0.270 e. The molecule has 0 fully saturated rings. The van der Waals surface area contributed by atoms with Crippen molar-refractivity contribution in [2.45, 2.75) is 0 Å². The summed E-state index contributed by atoms with van der Waals surface area (Å²) in [4.78, 5) is 12.9. The second-order valence-electron chi connectivity index (χ2n) is 2.70. The lowest BCUT2D eigenvalue weighted by Crippen LogP contribution is -2.12. The Labute approximate surface area is 103 Å². The summed E-state index contributed by atoms with van der Waals surface area (Å²) in [7, 11) is 1.64. The number of carbonyl (C=O) groups is 1. The summed E-state index contributed by atoms with van der Waals surface area (Å²) in [6.07, 6.45) is 0. The largest absolute Gasteiger partial charge is 0.288 e. The lowest BCUT2D eigenvalue weighted by Gasteiger charge is -1.95. The molecule has 0 spiro atoms. The van der Waals surface area contributed by atoms with Gasteiger partial charge in [-0.3, -0.25) is 10.1 Å². The molecule has 6 nitrogen and oxygen atoms in total. The predicted octanol–water partition coefficient (Wildman–Crippen LogP) is 1.13. The van der Waals surface area contributed by atoms with Gasteiger partial charge in [-0.2, -0.15) is 4.80 Å². The molecule has 8 heteroatoms. The third-order valence-electron chi connectivity index (χ3n) is 1.56. The lowest BCUT2D eigenvalue weighted by molar-refractivity contribution is 0.102. The monoisotopic (exact) mass is 335 g/mol. The third kappa shape index (κ3) is 2.50. The molecule has 78 valence electrons. The molecule has 0 aliphatic rings. The maximum absolute atomic E-state index is 11.6. The summed E-state index contributed by atoms with van der Waals surface area (Å²) in [5.41, 5.74) is 0.608. The van der Waals surface area contributed by atoms with E-state index in [9.17, 15) is 4.79 Å². The number of hydrogen-bond donors (Lipinski definition) is 1. The van der Waals surface area contributed by atoms with Gasteiger partial charge in [0.05, 0.1) is 15.5 Å². The molecule has 0 bridgehead atoms. The van der Waals surface area contributed by atoms with Crippen LogP contribution < -0.4 is 5.32 Å². The molecule has 2 aromatic heterocycles. The van der Waals surface area contributed by atoms with Crippen LogP contribution in [-0.2, 0) is 7.05 Å². The zero-order valence-electron chi connectivity index (χ0n) is 7.64. The predicted molar refractivity (Wildman–Crippen MR) is 63.8 cm³/mol. The first-order chi connectivity index (χ1) is 7.15. The van der Waals surface area contributed by atoms with E-state index in [1.165, 1.54) is 16.1 Å². The van der Waals surface area contributed by atoms with Crippen LogP contribution in [0.15, 0.2) is 11.4 Å². The van der Waals surface area contributed by atoms with E-state index in [-0.39, 0.29) is 11.9 Å². The van der Waals surface area contributed by atoms with E-state index in [2.05, 4.69) is 43.3 Å². The number of nitrogens with one attached hydrogen (secondary N) is 1. The van der Waals surface area contributed by atoms with Crippen LogP contribution >= 0.6 is 33.9 Å². The summed E-state index contributed by atoms with van der Waals surface area (Å²) in [6.45, 7) is 0. The highest BCUT2D eigenvalue weighted by Gasteiger charge is 2.10. The molecule has 0 radical (unpaired) electrons. The molecule has 0 aliphatic heterocycles. The van der Waals surface area contributed by atoms with Crippen LogP contribution in [0, 0.1) is 2.88 Å². The Morgan fingerprint density at radius 3 is 3.00 bits per heavy atom. The fraction of sp³-hybridized carbons (Fsp3) is 0.143. The molecule has 0 unspecified atom stereocenters. The number of anilines is 1. The summed E-state index contributed by atoms with van der Waals surface area (Å²) in [6, 6.07) is 1.80. The first-order valence-corrected chi connectivity index (χ1v) is 5.90. The minimum absolute atomic E-state index is 0.212. The Morgan fingerprint density at radius 2 is 2.47 bits per heavy atom. The Balaban J connectivity index is 2.10. The van der Waals surface area contributed by atoms with E-state index < -0.39 is 0 Å². The molecule has 1 amide bonds. The van der Waals surface area contributed by atoms with Crippen LogP contribution in [0.2, 0.25) is 0 Å². The number of thiophene rings is 1. The van der Waals surface area contributed by atoms with Gasteiger partial charge in [0.1, 0.15) is 0 Å². The molecule has 0 atom stereocenters. The molecule has 0 saturated heterocycles. The summed E-state index contributed by atoms with van der Waals surface area (Å²) < 4.78 is 1.06. The Hall–Kier alpha value is -1.03. The Bertz CT molecular complexity index is 493. The maximum atomic E-state index is 11.6. The second-order valence-corrected chi connectivity index (χ2v) is 5.50. The third-order valence-corrected chi connectivity index (χ3v) is 3.35. The second kappa shape index (κ2) is 4.23. The fourth-order valence-electron chi connectivity index (χ4n) is 0.937. The number of tetrazole rings is 1. The molecule has 2 aromatic rings. The van der Waals surface area contributed by atoms with E-state index >= 15 is 0 Å². The normalized spacial score (nSPS) is 10.3. The number of aromatic nitrogens is 4. The number of hydrogen-bond acceptors (Lipinski definition) is 5. The van der Waals surface area contributed by atoms with Gasteiger partial charge in [-0.1, -0.05) is 5.10 Å². The van der Waals surface area contributed by atoms with Gasteiger partial charge in [0, 0.05) is 5.38 Å². The summed E-state index contributed by atoms with van der Waals surface area (Å²) in [5.74, 6) is -0.00845. The minimum atomic E-state index is -0.220. The highest BCUT2D eigenvalue weighted by atomic mass is 127. The quantitative estimate of drug-likeness (QED) is 0.835. The van der Waals surface area contributed by atoms with Crippen molar-refractivity contribution < 1.29 is 4.79 Å². The van der Waals surface area contributed by atoms with Gasteiger partial charge in [-0.25, -0.2) is 0 Å². The van der Waals surface area contributed by atoms with Crippen LogP contribution in [0.25, 0.3) is 0 Å². The van der Waals surface area contributed by atoms with Crippen molar-refractivity contribution in [1.29, 1.82) is 0 Å². The van der Waals surface area contributed by atoms with Crippen molar-refractivity contribution in [2.75, 3.05) is 5.32 Å². The van der Waals surface area contributed by atoms with Crippen molar-refractivity contribution in [3.05, 3.63) is 19.9 Å². The molecule has 0 aliphatic carbocycles. The van der Waals surface area contributed by atoms with E-state index in [4.69, 9.17) is 0 Å². The fourth-order valence-corrected chi connectivity index (χ4v) is 2.26. The lowest BCUT2D eigenvalue weighted by atomic mass is 10.3. The summed E-state index contributed by atoms with van der Waals surface area (Å²) in [5, 5.41) is 15.5. The van der Waals surface area contributed by atoms with Gasteiger partial charge < -0.3 is 0 Å². The minimum Gasteiger partial charge on any atom is -0.288 e. The zero-order valence-corrected chi connectivity index (χ0v) is 10.6. The van der Waals surface area contributed by atoms with E-state index in [1.807, 2.05) is 0 Å². The first kappa shape index (κ1) is 10.5. The molecule has 0 aromatic carbocycles. The number of carbonyl (C=O) groups excluding carboxylic acids is 1. The van der Waals surface area contributed by atoms with E-state index in [0.29, 0.717) is 5.56 Å². The SMILES string of the molecule is Cn1nnc(NC(=O)c2csc(I)c2)n1. The van der Waals surface area contributed by atoms with Gasteiger partial charge in [-0.15, -0.1) is 16.4 Å². The number of aryl methyl sites for hydroxylation is 1. The van der Waals surface area contributed by atoms with Gasteiger partial charge in [0.2, 0.25) is 0 Å². The van der Waals surface area contributed by atoms with Crippen molar-refractivity contribution >= 4 is 45.8 Å². The number of halogens is 1. The van der Waals surface area contributed by atoms with Gasteiger partial charge in [-0.05, 0) is 33.9 Å². The average Bonchev–Trinajstić information content (AvgIpc) is 2.75. The molecule has 2 heterocycles. The van der Waals surface area contributed by atoms with E-state index in [1.54, 1.807) is 18.5 Å². The summed E-state index contributed by atoms with van der Waals surface area (Å²) >= 11 is 3.67. The topological polar surface area (TPSA) is 72.7 Å². The number of nitrogens with zero attached hydrogens (tertiary/aromatic N) is 4. The van der Waals surface area contributed by atoms with Crippen molar-refractivity contribution in [3.8, 4) is 0 Å². The van der Waals surface area contributed by atoms with Crippen LogP contribution in [-0.4, -0.2) is 26.1 Å². The molecular weight excluding hydrogens is 329 g/mol. The zero-order chi connectivity index (χ0) is 10.8. The van der Waals surface area contributed by atoms with Gasteiger partial charge in [0.15, 0.2) is 0 Å². The highest BCUT2D eigenvalue weighted by Crippen LogP contribution is 2.17. The van der Waals surface area contributed by atoms with Gasteiger partial charge in [0.25, 0.3) is 11.9 Å². The van der Waals surface area contributed by atoms with Crippen LogP contribution in [0.4, 0.5) is 5.95 Å². The molecule has 2 rings (SSSR count). The number of amides is 1. The van der Waals surface area contributed by atoms with Crippen LogP contribution in [0.1, 0.15) is 10.4 Å². The molecule has 0 saturated carbocycles. The van der Waals surface area contributed by atoms with Crippen molar-refractivity contribution in [3.63, 3.8) is 0 Å². The molecular formula is C7H6IN5OS. The Kier molecular flexibility index (Phi) is 2.95. The number of rotatable bonds is 2. The van der Waals surface area contributed by atoms with Crippen LogP contribution in [0.3, 0.4) is 0 Å². The molecule has 15 heavy (non-hydrogen) atoms. The van der Waals surface area contributed by atoms with Crippen molar-refractivity contribution in [2.24, 2.45) is 7.05 Å². The molecule has 1 N–H and O–H groups in total. The van der Waals surface area contributed by atoms with Crippen molar-refractivity contribution in [1.82, 2.24) is 20.2 Å².